The van der Waals surface area contributed by atoms with Crippen molar-refractivity contribution in [3.05, 3.63) is 24.0 Å². The summed E-state index contributed by atoms with van der Waals surface area (Å²) in [6, 6.07) is 6.74. The summed E-state index contributed by atoms with van der Waals surface area (Å²) in [5.41, 5.74) is 3.48. The Morgan fingerprint density at radius 3 is 2.42 bits per heavy atom. The number of benzene rings is 1. The van der Waals surface area contributed by atoms with Gasteiger partial charge in [-0.3, -0.25) is 4.79 Å². The van der Waals surface area contributed by atoms with Gasteiger partial charge in [0.25, 0.3) is 0 Å². The van der Waals surface area contributed by atoms with E-state index in [1.165, 1.54) is 24.2 Å². The number of amides is 1. The average Bonchev–Trinajstić information content (AvgIpc) is 3.61. The van der Waals surface area contributed by atoms with Gasteiger partial charge in [0.05, 0.1) is 16.7 Å². The van der Waals surface area contributed by atoms with Crippen LogP contribution in [-0.2, 0) is 21.5 Å². The highest BCUT2D eigenvalue weighted by atomic mass is 32.2. The summed E-state index contributed by atoms with van der Waals surface area (Å²) in [5.74, 6) is 2.55. The molecule has 8 heteroatoms. The molecule has 0 atom stereocenters. The van der Waals surface area contributed by atoms with E-state index < -0.39 is 0 Å². The van der Waals surface area contributed by atoms with Crippen LogP contribution in [0.2, 0.25) is 0 Å². The second kappa shape index (κ2) is 10.9. The van der Waals surface area contributed by atoms with E-state index in [-0.39, 0.29) is 5.41 Å². The van der Waals surface area contributed by atoms with Crippen LogP contribution in [0.3, 0.4) is 0 Å². The molecule has 2 aromatic rings. The van der Waals surface area contributed by atoms with Gasteiger partial charge in [0.15, 0.2) is 0 Å². The van der Waals surface area contributed by atoms with Gasteiger partial charge >= 0.3 is 0 Å². The Labute approximate surface area is 220 Å². The maximum absolute atomic E-state index is 12.4. The van der Waals surface area contributed by atoms with Crippen LogP contribution in [-0.4, -0.2) is 71.1 Å². The minimum Gasteiger partial charge on any atom is -0.381 e. The van der Waals surface area contributed by atoms with Crippen LogP contribution in [0.5, 0.6) is 0 Å². The zero-order valence-electron chi connectivity index (χ0n) is 22.5. The number of hydrogen-bond donors (Lipinski definition) is 0. The van der Waals surface area contributed by atoms with E-state index in [1.54, 1.807) is 12.1 Å². The van der Waals surface area contributed by atoms with Crippen LogP contribution < -0.4 is 4.31 Å². The first-order valence-electron chi connectivity index (χ1n) is 13.8. The van der Waals surface area contributed by atoms with Crippen LogP contribution in [0.25, 0.3) is 11.0 Å². The predicted octanol–water partition coefficient (Wildman–Crippen LogP) is 5.09. The summed E-state index contributed by atoms with van der Waals surface area (Å²) in [6.45, 7) is 13.1. The molecule has 1 aliphatic carbocycles. The van der Waals surface area contributed by atoms with Crippen molar-refractivity contribution in [1.82, 2.24) is 18.8 Å². The van der Waals surface area contributed by atoms with E-state index in [4.69, 9.17) is 9.72 Å². The topological polar surface area (TPSA) is 53.8 Å². The largest absolute Gasteiger partial charge is 0.381 e. The van der Waals surface area contributed by atoms with Gasteiger partial charge < -0.3 is 18.5 Å². The van der Waals surface area contributed by atoms with Crippen molar-refractivity contribution < 1.29 is 9.53 Å². The molecule has 3 fully saturated rings. The lowest BCUT2D eigenvalue weighted by atomic mass is 9.93. The second-order valence-electron chi connectivity index (χ2n) is 11.8. The van der Waals surface area contributed by atoms with Gasteiger partial charge in [0.2, 0.25) is 5.91 Å². The van der Waals surface area contributed by atoms with Gasteiger partial charge in [0, 0.05) is 76.5 Å². The highest BCUT2D eigenvalue weighted by Gasteiger charge is 2.35. The Balaban J connectivity index is 1.28. The van der Waals surface area contributed by atoms with Crippen LogP contribution in [0.4, 0.5) is 5.69 Å². The Bertz CT molecular complexity index is 1040. The highest BCUT2D eigenvalue weighted by Crippen LogP contribution is 2.34. The molecule has 5 rings (SSSR count). The SMILES string of the molecule is CN(SN1CCN(C(=O)C2CC2)CC1)c1ccc2c(c1)nc(C(C)(C)C)n2CC1CCCOCCC1. The molecule has 0 unspecified atom stereocenters. The molecule has 0 N–H and O–H groups in total. The number of imidazole rings is 1. The highest BCUT2D eigenvalue weighted by molar-refractivity contribution is 7.98. The van der Waals surface area contributed by atoms with Crippen molar-refractivity contribution in [3.8, 4) is 0 Å². The molecule has 198 valence electrons. The van der Waals surface area contributed by atoms with Crippen molar-refractivity contribution >= 4 is 34.8 Å². The van der Waals surface area contributed by atoms with Gasteiger partial charge in [-0.15, -0.1) is 0 Å². The monoisotopic (exact) mass is 513 g/mol. The van der Waals surface area contributed by atoms with E-state index in [9.17, 15) is 4.79 Å². The third-order valence-electron chi connectivity index (χ3n) is 7.72. The number of nitrogens with zero attached hydrogens (tertiary/aromatic N) is 5. The zero-order chi connectivity index (χ0) is 25.3. The summed E-state index contributed by atoms with van der Waals surface area (Å²) in [5, 5.41) is 0. The first-order valence-corrected chi connectivity index (χ1v) is 14.6. The summed E-state index contributed by atoms with van der Waals surface area (Å²) < 4.78 is 12.8. The molecule has 2 saturated heterocycles. The van der Waals surface area contributed by atoms with Crippen molar-refractivity contribution in [2.45, 2.75) is 71.3 Å². The van der Waals surface area contributed by atoms with Gasteiger partial charge in [-0.05, 0) is 62.6 Å². The molecule has 1 aromatic carbocycles. The third-order valence-corrected chi connectivity index (χ3v) is 8.78. The van der Waals surface area contributed by atoms with Gasteiger partial charge in [-0.25, -0.2) is 9.29 Å². The van der Waals surface area contributed by atoms with E-state index in [0.29, 0.717) is 17.7 Å². The van der Waals surface area contributed by atoms with Gasteiger partial charge in [0.1, 0.15) is 5.82 Å². The molecule has 0 radical (unpaired) electrons. The summed E-state index contributed by atoms with van der Waals surface area (Å²) in [6.07, 6.45) is 6.91. The van der Waals surface area contributed by atoms with Crippen molar-refractivity contribution in [1.29, 1.82) is 0 Å². The fourth-order valence-electron chi connectivity index (χ4n) is 5.51. The van der Waals surface area contributed by atoms with Crippen LogP contribution in [0.1, 0.15) is 65.1 Å². The summed E-state index contributed by atoms with van der Waals surface area (Å²) in [7, 11) is 2.13. The number of ether oxygens (including phenoxy) is 1. The molecule has 0 spiro atoms. The predicted molar refractivity (Wildman–Crippen MR) is 148 cm³/mol. The molecule has 2 aliphatic heterocycles. The summed E-state index contributed by atoms with van der Waals surface area (Å²) >= 11 is 1.75. The number of anilines is 1. The Hall–Kier alpha value is -1.77. The molecular formula is C28H43N5O2S. The molecule has 36 heavy (non-hydrogen) atoms. The Kier molecular flexibility index (Phi) is 7.84. The van der Waals surface area contributed by atoms with Crippen LogP contribution in [0, 0.1) is 11.8 Å². The maximum Gasteiger partial charge on any atom is 0.225 e. The number of carbonyl (C=O) groups excluding carboxylic acids is 1. The van der Waals surface area contributed by atoms with Crippen molar-refractivity contribution in [2.24, 2.45) is 11.8 Å². The van der Waals surface area contributed by atoms with Crippen LogP contribution >= 0.6 is 12.1 Å². The first kappa shape index (κ1) is 25.9. The second-order valence-corrected chi connectivity index (χ2v) is 13.1. The lowest BCUT2D eigenvalue weighted by Crippen LogP contribution is -2.47. The minimum absolute atomic E-state index is 0.0118. The Morgan fingerprint density at radius 1 is 1.08 bits per heavy atom. The van der Waals surface area contributed by atoms with E-state index in [0.717, 1.165) is 82.8 Å². The number of fused-ring (bicyclic) bond motifs is 1. The molecule has 1 saturated carbocycles. The molecule has 3 aliphatic rings. The summed E-state index contributed by atoms with van der Waals surface area (Å²) in [4.78, 5) is 19.6. The first-order chi connectivity index (χ1) is 17.3. The van der Waals surface area contributed by atoms with Crippen molar-refractivity contribution in [3.63, 3.8) is 0 Å². The van der Waals surface area contributed by atoms with E-state index >= 15 is 0 Å². The lowest BCUT2D eigenvalue weighted by molar-refractivity contribution is -0.133. The number of carbonyl (C=O) groups is 1. The van der Waals surface area contributed by atoms with Crippen molar-refractivity contribution in [2.75, 3.05) is 50.7 Å². The van der Waals surface area contributed by atoms with E-state index in [2.05, 4.69) is 64.1 Å². The Morgan fingerprint density at radius 2 is 1.78 bits per heavy atom. The lowest BCUT2D eigenvalue weighted by Gasteiger charge is -2.35. The molecule has 1 aromatic heterocycles. The normalized spacial score (nSPS) is 20.9. The van der Waals surface area contributed by atoms with Gasteiger partial charge in [-0.1, -0.05) is 20.8 Å². The number of piperazine rings is 1. The smallest absolute Gasteiger partial charge is 0.225 e. The molecule has 3 heterocycles. The number of rotatable bonds is 6. The average molecular weight is 514 g/mol. The maximum atomic E-state index is 12.4. The molecule has 0 bridgehead atoms. The zero-order valence-corrected chi connectivity index (χ0v) is 23.4. The quantitative estimate of drug-likeness (QED) is 0.502. The fourth-order valence-corrected chi connectivity index (χ4v) is 6.39. The van der Waals surface area contributed by atoms with E-state index in [1.807, 2.05) is 0 Å². The minimum atomic E-state index is -0.0118. The van der Waals surface area contributed by atoms with Crippen LogP contribution in [0.15, 0.2) is 18.2 Å². The number of aromatic nitrogens is 2. The standard InChI is InChI=1S/C28H43N5O2S/c1-28(2,3)27-29-24-19-23(11-12-25(24)33(27)20-21-7-5-17-35-18-6-8-21)30(4)36-32-15-13-31(14-16-32)26(34)22-9-10-22/h11-12,19,21-22H,5-10,13-18,20H2,1-4H3. The molecule has 1 amide bonds. The fraction of sp³-hybridized carbons (Fsp3) is 0.714. The molecular weight excluding hydrogens is 470 g/mol. The number of hydrogen-bond acceptors (Lipinski definition) is 6. The molecule has 7 nitrogen and oxygen atoms in total. The third kappa shape index (κ3) is 6.03. The van der Waals surface area contributed by atoms with Gasteiger partial charge in [-0.2, -0.15) is 0 Å².